The smallest absolute Gasteiger partial charge is 0.143 e. The van der Waals surface area contributed by atoms with Crippen LogP contribution in [0.1, 0.15) is 5.82 Å². The molecule has 0 amide bonds. The molecule has 2 N–H and O–H groups in total. The summed E-state index contributed by atoms with van der Waals surface area (Å²) in [7, 11) is 0. The Labute approximate surface area is 113 Å². The molecule has 2 heterocycles. The number of aromatic nitrogens is 3. The van der Waals surface area contributed by atoms with E-state index < -0.39 is 5.82 Å². The standard InChI is InChI=1S/C14H12F2N4/c15-9-1-2-12-13(6-9)20(14(19-12)3-4-17)11-5-10(16)7-18-8-11/h1-2,5-8H,3-4,17H2. The van der Waals surface area contributed by atoms with Crippen LogP contribution in [0.5, 0.6) is 0 Å². The van der Waals surface area contributed by atoms with E-state index in [1.54, 1.807) is 10.6 Å². The Hall–Kier alpha value is -2.34. The van der Waals surface area contributed by atoms with E-state index in [1.807, 2.05) is 0 Å². The topological polar surface area (TPSA) is 56.7 Å². The fourth-order valence-electron chi connectivity index (χ4n) is 2.21. The molecule has 2 aromatic heterocycles. The van der Waals surface area contributed by atoms with Crippen LogP contribution in [0.3, 0.4) is 0 Å². The van der Waals surface area contributed by atoms with Crippen molar-refractivity contribution in [3.63, 3.8) is 0 Å². The van der Waals surface area contributed by atoms with Crippen molar-refractivity contribution < 1.29 is 8.78 Å². The van der Waals surface area contributed by atoms with Gasteiger partial charge in [0.05, 0.1) is 29.1 Å². The maximum absolute atomic E-state index is 13.5. The number of halogens is 2. The van der Waals surface area contributed by atoms with Crippen LogP contribution in [-0.2, 0) is 6.42 Å². The van der Waals surface area contributed by atoms with Crippen molar-refractivity contribution in [2.24, 2.45) is 5.73 Å². The number of nitrogens with two attached hydrogens (primary N) is 1. The fourth-order valence-corrected chi connectivity index (χ4v) is 2.21. The van der Waals surface area contributed by atoms with Crippen LogP contribution in [0.15, 0.2) is 36.7 Å². The summed E-state index contributed by atoms with van der Waals surface area (Å²) in [5.41, 5.74) is 7.28. The van der Waals surface area contributed by atoms with Gasteiger partial charge in [0.2, 0.25) is 0 Å². The largest absolute Gasteiger partial charge is 0.330 e. The molecule has 0 fully saturated rings. The first-order valence-electron chi connectivity index (χ1n) is 6.17. The molecule has 6 heteroatoms. The summed E-state index contributed by atoms with van der Waals surface area (Å²) in [4.78, 5) is 8.24. The molecule has 0 radical (unpaired) electrons. The molecule has 1 aromatic carbocycles. The second kappa shape index (κ2) is 4.97. The van der Waals surface area contributed by atoms with Gasteiger partial charge in [0.1, 0.15) is 17.5 Å². The number of hydrogen-bond acceptors (Lipinski definition) is 3. The van der Waals surface area contributed by atoms with E-state index in [9.17, 15) is 8.78 Å². The molecule has 3 aromatic rings. The zero-order chi connectivity index (χ0) is 14.1. The number of fused-ring (bicyclic) bond motifs is 1. The summed E-state index contributed by atoms with van der Waals surface area (Å²) in [6, 6.07) is 5.63. The van der Waals surface area contributed by atoms with Crippen LogP contribution in [0.25, 0.3) is 16.7 Å². The molecule has 0 saturated heterocycles. The molecular formula is C14H12F2N4. The lowest BCUT2D eigenvalue weighted by Crippen LogP contribution is -2.09. The van der Waals surface area contributed by atoms with Gasteiger partial charge in [-0.15, -0.1) is 0 Å². The molecular weight excluding hydrogens is 262 g/mol. The fraction of sp³-hybridized carbons (Fsp3) is 0.143. The maximum Gasteiger partial charge on any atom is 0.143 e. The van der Waals surface area contributed by atoms with Crippen LogP contribution < -0.4 is 5.73 Å². The van der Waals surface area contributed by atoms with Crippen molar-refractivity contribution in [2.45, 2.75) is 6.42 Å². The summed E-state index contributed by atoms with van der Waals surface area (Å²) in [6.45, 7) is 0.397. The molecule has 0 unspecified atom stereocenters. The van der Waals surface area contributed by atoms with Gasteiger partial charge in [-0.2, -0.15) is 0 Å². The van der Waals surface area contributed by atoms with Gasteiger partial charge in [0, 0.05) is 18.6 Å². The molecule has 0 aliphatic heterocycles. The van der Waals surface area contributed by atoms with Crippen LogP contribution >= 0.6 is 0 Å². The number of pyridine rings is 1. The van der Waals surface area contributed by atoms with E-state index in [0.29, 0.717) is 35.5 Å². The van der Waals surface area contributed by atoms with Crippen LogP contribution in [-0.4, -0.2) is 21.1 Å². The zero-order valence-corrected chi connectivity index (χ0v) is 10.6. The lowest BCUT2D eigenvalue weighted by molar-refractivity contribution is 0.619. The predicted molar refractivity (Wildman–Crippen MR) is 71.5 cm³/mol. The van der Waals surface area contributed by atoms with Gasteiger partial charge in [-0.1, -0.05) is 0 Å². The monoisotopic (exact) mass is 274 g/mol. The van der Waals surface area contributed by atoms with Crippen LogP contribution in [0, 0.1) is 11.6 Å². The lowest BCUT2D eigenvalue weighted by Gasteiger charge is -2.08. The van der Waals surface area contributed by atoms with Crippen molar-refractivity contribution >= 4 is 11.0 Å². The third-order valence-electron chi connectivity index (χ3n) is 3.00. The van der Waals surface area contributed by atoms with Gasteiger partial charge in [-0.05, 0) is 18.7 Å². The first kappa shape index (κ1) is 12.7. The Bertz CT molecular complexity index is 767. The summed E-state index contributed by atoms with van der Waals surface area (Å²) in [5, 5.41) is 0. The molecule has 3 rings (SSSR count). The number of imidazole rings is 1. The van der Waals surface area contributed by atoms with E-state index >= 15 is 0 Å². The highest BCUT2D eigenvalue weighted by molar-refractivity contribution is 5.78. The normalized spacial score (nSPS) is 11.2. The highest BCUT2D eigenvalue weighted by Gasteiger charge is 2.13. The second-order valence-corrected chi connectivity index (χ2v) is 4.40. The van der Waals surface area contributed by atoms with E-state index in [0.717, 1.165) is 6.20 Å². The van der Waals surface area contributed by atoms with E-state index in [-0.39, 0.29) is 5.82 Å². The summed E-state index contributed by atoms with van der Waals surface area (Å²) in [6.07, 6.45) is 3.13. The maximum atomic E-state index is 13.5. The van der Waals surface area contributed by atoms with Gasteiger partial charge in [0.15, 0.2) is 0 Å². The van der Waals surface area contributed by atoms with Gasteiger partial charge >= 0.3 is 0 Å². The summed E-state index contributed by atoms with van der Waals surface area (Å²) in [5.74, 6) is -0.178. The van der Waals surface area contributed by atoms with Crippen LogP contribution in [0.2, 0.25) is 0 Å². The number of rotatable bonds is 3. The molecule has 102 valence electrons. The SMILES string of the molecule is NCCc1nc2ccc(F)cc2n1-c1cncc(F)c1. The quantitative estimate of drug-likeness (QED) is 0.796. The minimum absolute atomic E-state index is 0.373. The second-order valence-electron chi connectivity index (χ2n) is 4.40. The molecule has 20 heavy (non-hydrogen) atoms. The van der Waals surface area contributed by atoms with Crippen molar-refractivity contribution in [3.05, 3.63) is 54.1 Å². The van der Waals surface area contributed by atoms with Gasteiger partial charge in [0.25, 0.3) is 0 Å². The van der Waals surface area contributed by atoms with Crippen molar-refractivity contribution in [3.8, 4) is 5.69 Å². The zero-order valence-electron chi connectivity index (χ0n) is 10.6. The van der Waals surface area contributed by atoms with E-state index in [1.165, 1.54) is 24.4 Å². The summed E-state index contributed by atoms with van der Waals surface area (Å²) < 4.78 is 28.5. The lowest BCUT2D eigenvalue weighted by atomic mass is 10.3. The number of hydrogen-bond donors (Lipinski definition) is 1. The van der Waals surface area contributed by atoms with Gasteiger partial charge in [-0.3, -0.25) is 9.55 Å². The molecule has 4 nitrogen and oxygen atoms in total. The molecule has 0 atom stereocenters. The van der Waals surface area contributed by atoms with E-state index in [4.69, 9.17) is 5.73 Å². The molecule has 0 bridgehead atoms. The Morgan fingerprint density at radius 2 is 1.95 bits per heavy atom. The summed E-state index contributed by atoms with van der Waals surface area (Å²) >= 11 is 0. The Morgan fingerprint density at radius 1 is 1.10 bits per heavy atom. The molecule has 0 saturated carbocycles. The Balaban J connectivity index is 2.30. The van der Waals surface area contributed by atoms with Gasteiger partial charge < -0.3 is 5.73 Å². The van der Waals surface area contributed by atoms with Crippen molar-refractivity contribution in [1.82, 2.24) is 14.5 Å². The molecule has 0 spiro atoms. The molecule has 0 aliphatic carbocycles. The Kier molecular flexibility index (Phi) is 3.15. The Morgan fingerprint density at radius 3 is 2.70 bits per heavy atom. The van der Waals surface area contributed by atoms with Crippen LogP contribution in [0.4, 0.5) is 8.78 Å². The minimum atomic E-state index is -0.459. The molecule has 0 aliphatic rings. The predicted octanol–water partition coefficient (Wildman–Crippen LogP) is 2.20. The average molecular weight is 274 g/mol. The minimum Gasteiger partial charge on any atom is -0.330 e. The van der Waals surface area contributed by atoms with Crippen molar-refractivity contribution in [2.75, 3.05) is 6.54 Å². The number of nitrogens with zero attached hydrogens (tertiary/aromatic N) is 3. The van der Waals surface area contributed by atoms with Crippen molar-refractivity contribution in [1.29, 1.82) is 0 Å². The number of benzene rings is 1. The highest BCUT2D eigenvalue weighted by atomic mass is 19.1. The van der Waals surface area contributed by atoms with Gasteiger partial charge in [-0.25, -0.2) is 13.8 Å². The van der Waals surface area contributed by atoms with E-state index in [2.05, 4.69) is 9.97 Å². The third kappa shape index (κ3) is 2.14. The third-order valence-corrected chi connectivity index (χ3v) is 3.00. The first-order valence-corrected chi connectivity index (χ1v) is 6.17. The first-order chi connectivity index (χ1) is 9.69. The highest BCUT2D eigenvalue weighted by Crippen LogP contribution is 2.22. The average Bonchev–Trinajstić information content (AvgIpc) is 2.76.